The van der Waals surface area contributed by atoms with E-state index in [0.717, 1.165) is 32.6 Å². The molecule has 0 aromatic carbocycles. The molecular formula is C38H72Co2N4O2. The Kier molecular flexibility index (Phi) is 24.2. The van der Waals surface area contributed by atoms with Crippen molar-refractivity contribution in [1.82, 2.24) is 10.6 Å². The third kappa shape index (κ3) is 19.5. The molecule has 0 saturated heterocycles. The summed E-state index contributed by atoms with van der Waals surface area (Å²) in [7, 11) is 0. The van der Waals surface area contributed by atoms with Gasteiger partial charge in [-0.25, -0.2) is 0 Å². The Morgan fingerprint density at radius 1 is 0.565 bits per heavy atom. The summed E-state index contributed by atoms with van der Waals surface area (Å²) >= 11 is 2.31. The van der Waals surface area contributed by atoms with Gasteiger partial charge in [-0.1, -0.05) is 77.7 Å². The van der Waals surface area contributed by atoms with Crippen molar-refractivity contribution in [1.29, 1.82) is 0 Å². The molecule has 8 unspecified atom stereocenters. The number of nitrogens with one attached hydrogen (secondary N) is 2. The van der Waals surface area contributed by atoms with Gasteiger partial charge in [-0.3, -0.25) is 0 Å². The average molecular weight is 735 g/mol. The summed E-state index contributed by atoms with van der Waals surface area (Å²) in [6, 6.07) is 0. The Hall–Kier alpha value is -0.427. The summed E-state index contributed by atoms with van der Waals surface area (Å²) in [6.07, 6.45) is 10.9. The van der Waals surface area contributed by atoms with E-state index in [9.17, 15) is 0 Å². The maximum absolute atomic E-state index is 7.94. The van der Waals surface area contributed by atoms with Gasteiger partial charge >= 0.3 is 36.3 Å². The molecule has 2 fully saturated rings. The van der Waals surface area contributed by atoms with Gasteiger partial charge in [0.05, 0.1) is 0 Å². The van der Waals surface area contributed by atoms with E-state index in [1.807, 2.05) is 0 Å². The van der Waals surface area contributed by atoms with E-state index in [-0.39, 0.29) is 44.4 Å². The van der Waals surface area contributed by atoms with E-state index in [0.29, 0.717) is 47.3 Å². The number of allylic oxidation sites excluding steroid dienone is 4. The van der Waals surface area contributed by atoms with Crippen LogP contribution in [0.25, 0.3) is 10.6 Å². The summed E-state index contributed by atoms with van der Waals surface area (Å²) in [5.41, 5.74) is 0.396. The molecule has 8 atom stereocenters. The monoisotopic (exact) mass is 734 g/mol. The SMILES string of the molecule is C=CC1CC(C=C)C(CNC(C)(C)C)C1CNC(C)(C)C.C=CC1CC(C=C)C(C[N-]C(C)(C)C)C1C[N-]C(C)(C)C.O.[Co+2].[O]=[Co]. The first-order valence-electron chi connectivity index (χ1n) is 16.7. The van der Waals surface area contributed by atoms with Crippen molar-refractivity contribution in [2.45, 2.75) is 118 Å². The second-order valence-corrected chi connectivity index (χ2v) is 17.0. The molecule has 4 N–H and O–H groups in total. The van der Waals surface area contributed by atoms with Gasteiger partial charge in [0.15, 0.2) is 0 Å². The molecule has 0 aromatic rings. The van der Waals surface area contributed by atoms with Crippen molar-refractivity contribution in [3.05, 3.63) is 61.3 Å². The average Bonchev–Trinajstić information content (AvgIpc) is 3.44. The van der Waals surface area contributed by atoms with Crippen molar-refractivity contribution in [2.75, 3.05) is 26.2 Å². The molecule has 0 spiro atoms. The normalized spacial score (nSPS) is 27.8. The zero-order valence-corrected chi connectivity index (χ0v) is 33.6. The second-order valence-electron chi connectivity index (χ2n) is 17.0. The van der Waals surface area contributed by atoms with Crippen molar-refractivity contribution in [2.24, 2.45) is 47.3 Å². The van der Waals surface area contributed by atoms with Crippen molar-refractivity contribution in [3.63, 3.8) is 0 Å². The van der Waals surface area contributed by atoms with Crippen molar-refractivity contribution in [3.8, 4) is 0 Å². The van der Waals surface area contributed by atoms with Crippen LogP contribution in [0.15, 0.2) is 50.6 Å². The molecule has 274 valence electrons. The fraction of sp³-hybridized carbons (Fsp3) is 0.789. The minimum atomic E-state index is 0. The molecule has 0 amide bonds. The molecular weight excluding hydrogens is 662 g/mol. The van der Waals surface area contributed by atoms with Gasteiger partial charge in [-0.2, -0.15) is 0 Å². The summed E-state index contributed by atoms with van der Waals surface area (Å²) in [4.78, 5) is 0. The molecule has 6 nitrogen and oxygen atoms in total. The van der Waals surface area contributed by atoms with E-state index < -0.39 is 0 Å². The molecule has 2 aliphatic carbocycles. The fourth-order valence-corrected chi connectivity index (χ4v) is 6.44. The molecule has 2 saturated carbocycles. The first kappa shape index (κ1) is 50.0. The minimum absolute atomic E-state index is 0. The van der Waals surface area contributed by atoms with Gasteiger partial charge in [-0.15, -0.1) is 50.5 Å². The van der Waals surface area contributed by atoms with E-state index in [2.05, 4.69) is 160 Å². The van der Waals surface area contributed by atoms with Crippen LogP contribution in [0, 0.1) is 47.3 Å². The first-order valence-corrected chi connectivity index (χ1v) is 17.1. The summed E-state index contributed by atoms with van der Waals surface area (Å²) in [5, 5.41) is 17.1. The zero-order valence-electron chi connectivity index (χ0n) is 31.5. The van der Waals surface area contributed by atoms with E-state index in [1.54, 1.807) is 0 Å². The standard InChI is InChI=1S/C19H36N2.C19H34N2.2Co.H2O.O/c2*1-9-14-11-15(10-2)17(13-21-19(6,7)8)16(14)12-20-18(3,4)5;;;;/h9-10,14-17,20-21H,1-2,11-13H2,3-8H3;9-10,14-17H,1-2,11-13H2,3-8H3;;;1H2;/q;-2;;+2;;. The Labute approximate surface area is 304 Å². The van der Waals surface area contributed by atoms with Crippen LogP contribution in [0.5, 0.6) is 0 Å². The zero-order chi connectivity index (χ0) is 34.5. The molecule has 0 bridgehead atoms. The maximum atomic E-state index is 7.94. The predicted molar refractivity (Wildman–Crippen MR) is 194 cm³/mol. The predicted octanol–water partition coefficient (Wildman–Crippen LogP) is 8.63. The van der Waals surface area contributed by atoms with Crippen LogP contribution in [0.2, 0.25) is 0 Å². The molecule has 0 aliphatic heterocycles. The third-order valence-corrected chi connectivity index (χ3v) is 8.89. The Bertz CT molecular complexity index is 732. The van der Waals surface area contributed by atoms with Gasteiger partial charge in [0, 0.05) is 11.1 Å². The topological polar surface area (TPSA) is 101 Å². The number of nitrogens with zero attached hydrogens (tertiary/aromatic N) is 2. The molecule has 2 aliphatic rings. The van der Waals surface area contributed by atoms with E-state index >= 15 is 0 Å². The second kappa shape index (κ2) is 22.3. The number of rotatable bonds is 12. The third-order valence-electron chi connectivity index (χ3n) is 8.89. The van der Waals surface area contributed by atoms with Crippen LogP contribution in [-0.4, -0.2) is 53.8 Å². The number of hydrogen-bond donors (Lipinski definition) is 2. The Balaban J connectivity index is -0.000000732. The van der Waals surface area contributed by atoms with Crippen LogP contribution in [0.1, 0.15) is 95.9 Å². The Morgan fingerprint density at radius 3 is 1.00 bits per heavy atom. The van der Waals surface area contributed by atoms with Gasteiger partial charge in [-0.05, 0) is 103 Å². The van der Waals surface area contributed by atoms with Gasteiger partial charge in [0.1, 0.15) is 0 Å². The molecule has 46 heavy (non-hydrogen) atoms. The van der Waals surface area contributed by atoms with Gasteiger partial charge in [0.25, 0.3) is 0 Å². The molecule has 8 heteroatoms. The summed E-state index contributed by atoms with van der Waals surface area (Å²) < 4.78 is 7.94. The van der Waals surface area contributed by atoms with Crippen LogP contribution in [0.4, 0.5) is 0 Å². The Morgan fingerprint density at radius 2 is 0.804 bits per heavy atom. The molecule has 0 heterocycles. The summed E-state index contributed by atoms with van der Waals surface area (Å²) in [6.45, 7) is 46.6. The fourth-order valence-electron chi connectivity index (χ4n) is 6.44. The van der Waals surface area contributed by atoms with Crippen LogP contribution in [-0.2, 0) is 36.3 Å². The van der Waals surface area contributed by atoms with Crippen LogP contribution in [0.3, 0.4) is 0 Å². The number of hydrogen-bond acceptors (Lipinski definition) is 3. The van der Waals surface area contributed by atoms with Gasteiger partial charge < -0.3 is 26.7 Å². The molecule has 0 aromatic heterocycles. The van der Waals surface area contributed by atoms with Crippen LogP contribution < -0.4 is 10.6 Å². The first-order chi connectivity index (χ1) is 20.1. The van der Waals surface area contributed by atoms with E-state index in [4.69, 9.17) is 14.5 Å². The van der Waals surface area contributed by atoms with Crippen molar-refractivity contribution >= 4 is 0 Å². The molecule has 2 rings (SSSR count). The summed E-state index contributed by atoms with van der Waals surface area (Å²) in [5.74, 6) is 4.65. The quantitative estimate of drug-likeness (QED) is 0.197. The molecule has 1 radical (unpaired) electrons. The van der Waals surface area contributed by atoms with Crippen molar-refractivity contribution < 1.29 is 41.8 Å². The van der Waals surface area contributed by atoms with Gasteiger partial charge in [0.2, 0.25) is 0 Å². The van der Waals surface area contributed by atoms with Crippen LogP contribution >= 0.6 is 0 Å². The van der Waals surface area contributed by atoms with E-state index in [1.165, 1.54) is 6.42 Å².